The summed E-state index contributed by atoms with van der Waals surface area (Å²) in [6.07, 6.45) is -1.01. The van der Waals surface area contributed by atoms with Gasteiger partial charge in [-0.05, 0) is 31.2 Å². The fraction of sp³-hybridized carbons (Fsp3) is 0.150. The largest absolute Gasteiger partial charge is 0.443 e. The predicted octanol–water partition coefficient (Wildman–Crippen LogP) is 3.20. The Hall–Kier alpha value is -3.30. The molecule has 2 heterocycles. The van der Waals surface area contributed by atoms with Crippen LogP contribution in [0.25, 0.3) is 22.3 Å². The first-order valence-electron chi connectivity index (χ1n) is 9.99. The number of nitrogens with zero attached hydrogens (tertiary/aromatic N) is 3. The van der Waals surface area contributed by atoms with Gasteiger partial charge in [0, 0.05) is 5.56 Å². The molecule has 16 heteroatoms. The van der Waals surface area contributed by atoms with Crippen molar-refractivity contribution in [1.82, 2.24) is 29.5 Å². The lowest BCUT2D eigenvalue weighted by Crippen LogP contribution is -2.46. The van der Waals surface area contributed by atoms with E-state index in [1.165, 1.54) is 12.1 Å². The Bertz CT molecular complexity index is 1540. The molecule has 0 saturated carbocycles. The molecule has 2 amide bonds. The van der Waals surface area contributed by atoms with Crippen molar-refractivity contribution in [2.24, 2.45) is 0 Å². The molecule has 0 atom stereocenters. The van der Waals surface area contributed by atoms with Crippen molar-refractivity contribution in [3.63, 3.8) is 0 Å². The van der Waals surface area contributed by atoms with Gasteiger partial charge in [-0.15, -0.1) is 0 Å². The lowest BCUT2D eigenvalue weighted by molar-refractivity contribution is -0.120. The van der Waals surface area contributed by atoms with E-state index in [9.17, 15) is 18.0 Å². The normalized spacial score (nSPS) is 11.4. The molecule has 2 aromatic heterocycles. The zero-order chi connectivity index (χ0) is 25.9. The third-order valence-corrected chi connectivity index (χ3v) is 7.40. The van der Waals surface area contributed by atoms with Gasteiger partial charge in [0.05, 0.1) is 33.9 Å². The number of halogens is 2. The fourth-order valence-electron chi connectivity index (χ4n) is 3.06. The summed E-state index contributed by atoms with van der Waals surface area (Å²) in [4.78, 5) is 24.0. The Balaban J connectivity index is 1.31. The van der Waals surface area contributed by atoms with Crippen LogP contribution in [0.1, 0.15) is 11.3 Å². The molecule has 0 saturated heterocycles. The minimum Gasteiger partial charge on any atom is -0.443 e. The van der Waals surface area contributed by atoms with Crippen molar-refractivity contribution < 1.29 is 27.3 Å². The lowest BCUT2D eigenvalue weighted by Gasteiger charge is -2.10. The molecule has 0 aliphatic heterocycles. The number of ether oxygens (including phenoxy) is 1. The average molecular weight is 571 g/mol. The van der Waals surface area contributed by atoms with Crippen molar-refractivity contribution >= 4 is 68.0 Å². The molecule has 0 fully saturated rings. The van der Waals surface area contributed by atoms with E-state index in [4.69, 9.17) is 32.5 Å². The molecule has 0 spiro atoms. The van der Waals surface area contributed by atoms with E-state index in [-0.39, 0.29) is 17.0 Å². The molecule has 2 aromatic carbocycles. The Morgan fingerprint density at radius 2 is 1.81 bits per heavy atom. The second-order valence-electron chi connectivity index (χ2n) is 7.12. The first kappa shape index (κ1) is 25.8. The number of amides is 2. The van der Waals surface area contributed by atoms with Gasteiger partial charge in [-0.2, -0.15) is 8.75 Å². The van der Waals surface area contributed by atoms with E-state index in [1.54, 1.807) is 31.2 Å². The van der Waals surface area contributed by atoms with E-state index >= 15 is 0 Å². The minimum atomic E-state index is -4.06. The first-order chi connectivity index (χ1) is 17.2. The topological polar surface area (TPSA) is 165 Å². The SMILES string of the molecule is Cc1onc(-c2c(Cl)cccc2Cl)c1COC(=O)NNC(=O)CNS(=O)(=O)c1cccc2nsnc12. The lowest BCUT2D eigenvalue weighted by atomic mass is 10.1. The van der Waals surface area contributed by atoms with Crippen LogP contribution in [0.4, 0.5) is 4.79 Å². The number of nitrogens with one attached hydrogen (secondary N) is 3. The van der Waals surface area contributed by atoms with E-state index in [1.807, 2.05) is 5.43 Å². The molecule has 188 valence electrons. The average Bonchev–Trinajstić information content (AvgIpc) is 3.46. The molecule has 36 heavy (non-hydrogen) atoms. The molecule has 0 radical (unpaired) electrons. The van der Waals surface area contributed by atoms with Gasteiger partial charge in [0.25, 0.3) is 5.91 Å². The third-order valence-electron chi connectivity index (χ3n) is 4.80. The zero-order valence-electron chi connectivity index (χ0n) is 18.2. The number of fused-ring (bicyclic) bond motifs is 1. The van der Waals surface area contributed by atoms with Gasteiger partial charge in [-0.1, -0.05) is 40.5 Å². The molecule has 12 nitrogen and oxygen atoms in total. The van der Waals surface area contributed by atoms with Crippen molar-refractivity contribution in [3.05, 3.63) is 57.8 Å². The van der Waals surface area contributed by atoms with Crippen LogP contribution in [0, 0.1) is 6.92 Å². The van der Waals surface area contributed by atoms with Gasteiger partial charge in [0.15, 0.2) is 0 Å². The molecular formula is C20H16Cl2N6O6S2. The Morgan fingerprint density at radius 1 is 1.08 bits per heavy atom. The van der Waals surface area contributed by atoms with E-state index in [0.29, 0.717) is 38.1 Å². The maximum atomic E-state index is 12.5. The van der Waals surface area contributed by atoms with Crippen LogP contribution in [0.15, 0.2) is 45.8 Å². The second-order valence-corrected chi connectivity index (χ2v) is 10.2. The van der Waals surface area contributed by atoms with E-state index in [0.717, 1.165) is 11.7 Å². The highest BCUT2D eigenvalue weighted by Crippen LogP contribution is 2.36. The Morgan fingerprint density at radius 3 is 2.56 bits per heavy atom. The number of hydrogen-bond donors (Lipinski definition) is 3. The minimum absolute atomic E-state index is 0.118. The highest BCUT2D eigenvalue weighted by atomic mass is 35.5. The van der Waals surface area contributed by atoms with E-state index < -0.39 is 28.6 Å². The highest BCUT2D eigenvalue weighted by Gasteiger charge is 2.22. The quantitative estimate of drug-likeness (QED) is 0.283. The summed E-state index contributed by atoms with van der Waals surface area (Å²) in [5, 5.41) is 4.61. The molecule has 4 aromatic rings. The fourth-order valence-corrected chi connectivity index (χ4v) is 5.38. The van der Waals surface area contributed by atoms with E-state index in [2.05, 4.69) is 24.1 Å². The number of sulfonamides is 1. The summed E-state index contributed by atoms with van der Waals surface area (Å²) in [5.41, 5.74) is 5.83. The monoisotopic (exact) mass is 570 g/mol. The predicted molar refractivity (Wildman–Crippen MR) is 131 cm³/mol. The summed E-state index contributed by atoms with van der Waals surface area (Å²) in [7, 11) is -4.06. The van der Waals surface area contributed by atoms with Gasteiger partial charge in [0.2, 0.25) is 10.0 Å². The van der Waals surface area contributed by atoms with Crippen molar-refractivity contribution in [3.8, 4) is 11.3 Å². The van der Waals surface area contributed by atoms with Gasteiger partial charge in [0.1, 0.15) is 34.0 Å². The summed E-state index contributed by atoms with van der Waals surface area (Å²) >= 11 is 13.3. The Kier molecular flexibility index (Phi) is 7.70. The van der Waals surface area contributed by atoms with Crippen molar-refractivity contribution in [2.75, 3.05) is 6.54 Å². The number of hydrazine groups is 1. The number of carbonyl (C=O) groups excluding carboxylic acids is 2. The van der Waals surface area contributed by atoms with Crippen molar-refractivity contribution in [2.45, 2.75) is 18.4 Å². The van der Waals surface area contributed by atoms with Crippen LogP contribution in [0.3, 0.4) is 0 Å². The van der Waals surface area contributed by atoms with Crippen LogP contribution in [0.5, 0.6) is 0 Å². The number of carbonyl (C=O) groups is 2. The van der Waals surface area contributed by atoms with Gasteiger partial charge in [-0.3, -0.25) is 10.2 Å². The van der Waals surface area contributed by atoms with Crippen LogP contribution in [-0.4, -0.2) is 40.9 Å². The van der Waals surface area contributed by atoms with Crippen LogP contribution >= 0.6 is 34.9 Å². The maximum Gasteiger partial charge on any atom is 0.426 e. The Labute approximate surface area is 218 Å². The summed E-state index contributed by atoms with van der Waals surface area (Å²) in [5.74, 6) is -0.471. The summed E-state index contributed by atoms with van der Waals surface area (Å²) in [6.45, 7) is 0.691. The smallest absolute Gasteiger partial charge is 0.426 e. The van der Waals surface area contributed by atoms with Gasteiger partial charge < -0.3 is 9.26 Å². The first-order valence-corrected chi connectivity index (χ1v) is 13.0. The molecular weight excluding hydrogens is 555 g/mol. The van der Waals surface area contributed by atoms with Crippen molar-refractivity contribution in [1.29, 1.82) is 0 Å². The highest BCUT2D eigenvalue weighted by molar-refractivity contribution is 7.89. The number of benzene rings is 2. The number of aromatic nitrogens is 3. The third kappa shape index (κ3) is 5.57. The number of hydrogen-bond acceptors (Lipinski definition) is 10. The second kappa shape index (κ2) is 10.8. The molecule has 3 N–H and O–H groups in total. The molecule has 4 rings (SSSR count). The van der Waals surface area contributed by atoms with Gasteiger partial charge >= 0.3 is 6.09 Å². The summed E-state index contributed by atoms with van der Waals surface area (Å²) in [6, 6.07) is 9.40. The molecule has 0 aliphatic carbocycles. The molecule has 0 aliphatic rings. The van der Waals surface area contributed by atoms with Crippen LogP contribution in [0.2, 0.25) is 10.0 Å². The standard InChI is InChI=1S/C20H16Cl2N6O6S2/c1-10-11(18(26-34-10)17-12(21)4-2-5-13(17)22)9-33-20(30)25-24-16(29)8-23-36(31,32)15-7-3-6-14-19(15)28-35-27-14/h2-7,23H,8-9H2,1H3,(H,24,29)(H,25,30). The number of aryl methyl sites for hydroxylation is 1. The zero-order valence-corrected chi connectivity index (χ0v) is 21.4. The molecule has 0 unspecified atom stereocenters. The number of rotatable bonds is 7. The van der Waals surface area contributed by atoms with Crippen LogP contribution < -0.4 is 15.6 Å². The van der Waals surface area contributed by atoms with Crippen LogP contribution in [-0.2, 0) is 26.2 Å². The summed E-state index contributed by atoms with van der Waals surface area (Å²) < 4.78 is 45.5. The van der Waals surface area contributed by atoms with Gasteiger partial charge in [-0.25, -0.2) is 23.4 Å². The molecule has 0 bridgehead atoms. The maximum absolute atomic E-state index is 12.5.